The van der Waals surface area contributed by atoms with Crippen molar-refractivity contribution < 1.29 is 5.11 Å². The summed E-state index contributed by atoms with van der Waals surface area (Å²) in [6, 6.07) is 1.94. The minimum absolute atomic E-state index is 0.0726. The van der Waals surface area contributed by atoms with Gasteiger partial charge in [0.1, 0.15) is 0 Å². The molecule has 13 heavy (non-hydrogen) atoms. The van der Waals surface area contributed by atoms with Gasteiger partial charge in [-0.05, 0) is 25.9 Å². The van der Waals surface area contributed by atoms with E-state index in [1.54, 1.807) is 0 Å². The van der Waals surface area contributed by atoms with Gasteiger partial charge < -0.3 is 5.11 Å². The summed E-state index contributed by atoms with van der Waals surface area (Å²) in [4.78, 5) is 2.43. The smallest absolute Gasteiger partial charge is 0.0682 e. The lowest BCUT2D eigenvalue weighted by Gasteiger charge is -2.24. The number of likely N-dealkylation sites (tertiary alicyclic amines) is 1. The predicted molar refractivity (Wildman–Crippen MR) is 59.8 cm³/mol. The lowest BCUT2D eigenvalue weighted by Crippen LogP contribution is -2.33. The summed E-state index contributed by atoms with van der Waals surface area (Å²) in [5, 5.41) is 9.47. The third kappa shape index (κ3) is 3.79. The summed E-state index contributed by atoms with van der Waals surface area (Å²) in [5.41, 5.74) is 0. The van der Waals surface area contributed by atoms with Crippen LogP contribution in [0.2, 0.25) is 25.7 Å². The van der Waals surface area contributed by atoms with Gasteiger partial charge in [0.05, 0.1) is 6.10 Å². The molecular weight excluding hydrogens is 178 g/mol. The van der Waals surface area contributed by atoms with Crippen molar-refractivity contribution in [1.82, 2.24) is 4.90 Å². The maximum atomic E-state index is 9.47. The first-order valence-electron chi connectivity index (χ1n) is 5.30. The average molecular weight is 201 g/mol. The molecule has 0 unspecified atom stereocenters. The lowest BCUT2D eigenvalue weighted by molar-refractivity contribution is 0.177. The van der Waals surface area contributed by atoms with Crippen LogP contribution in [0.4, 0.5) is 0 Å². The molecule has 1 fully saturated rings. The third-order valence-electron chi connectivity index (χ3n) is 2.83. The fraction of sp³-hybridized carbons (Fsp3) is 1.00. The van der Waals surface area contributed by atoms with Crippen molar-refractivity contribution in [3.05, 3.63) is 0 Å². The Morgan fingerprint density at radius 1 is 1.38 bits per heavy atom. The molecule has 1 heterocycles. The minimum Gasteiger partial charge on any atom is -0.392 e. The van der Waals surface area contributed by atoms with Crippen LogP contribution in [0.5, 0.6) is 0 Å². The Morgan fingerprint density at radius 2 is 2.00 bits per heavy atom. The number of rotatable bonds is 3. The van der Waals surface area contributed by atoms with Crippen LogP contribution in [0, 0.1) is 0 Å². The predicted octanol–water partition coefficient (Wildman–Crippen LogP) is 1.78. The summed E-state index contributed by atoms with van der Waals surface area (Å²) >= 11 is 0. The van der Waals surface area contributed by atoms with Crippen LogP contribution in [0.1, 0.15) is 13.3 Å². The summed E-state index contributed by atoms with van der Waals surface area (Å²) < 4.78 is 0. The van der Waals surface area contributed by atoms with Crippen LogP contribution in [0.25, 0.3) is 0 Å². The van der Waals surface area contributed by atoms with Gasteiger partial charge in [0, 0.05) is 20.7 Å². The second-order valence-corrected chi connectivity index (χ2v) is 11.2. The SMILES string of the molecule is C[C@H]1C[C@@H](O)CN1CC[Si](C)(C)C. The van der Waals surface area contributed by atoms with Crippen molar-refractivity contribution in [2.24, 2.45) is 0 Å². The van der Waals surface area contributed by atoms with E-state index in [0.717, 1.165) is 13.0 Å². The zero-order valence-electron chi connectivity index (χ0n) is 9.38. The molecule has 1 N–H and O–H groups in total. The number of nitrogens with zero attached hydrogens (tertiary/aromatic N) is 1. The molecule has 0 bridgehead atoms. The topological polar surface area (TPSA) is 23.5 Å². The molecule has 0 aromatic carbocycles. The Labute approximate surface area is 83.0 Å². The van der Waals surface area contributed by atoms with E-state index in [2.05, 4.69) is 31.5 Å². The van der Waals surface area contributed by atoms with Gasteiger partial charge in [-0.1, -0.05) is 19.6 Å². The molecule has 0 spiro atoms. The number of aliphatic hydroxyl groups excluding tert-OH is 1. The second-order valence-electron chi connectivity index (χ2n) is 5.54. The molecule has 2 nitrogen and oxygen atoms in total. The molecule has 1 aliphatic heterocycles. The highest BCUT2D eigenvalue weighted by molar-refractivity contribution is 6.76. The Kier molecular flexibility index (Phi) is 3.55. The highest BCUT2D eigenvalue weighted by Crippen LogP contribution is 2.19. The van der Waals surface area contributed by atoms with Gasteiger partial charge in [-0.15, -0.1) is 0 Å². The van der Waals surface area contributed by atoms with Gasteiger partial charge in [0.2, 0.25) is 0 Å². The van der Waals surface area contributed by atoms with Crippen LogP contribution >= 0.6 is 0 Å². The van der Waals surface area contributed by atoms with E-state index in [-0.39, 0.29) is 6.10 Å². The number of hydrogen-bond donors (Lipinski definition) is 1. The summed E-state index contributed by atoms with van der Waals surface area (Å²) in [6.45, 7) is 11.5. The zero-order chi connectivity index (χ0) is 10.1. The molecule has 3 heteroatoms. The zero-order valence-corrected chi connectivity index (χ0v) is 10.4. The van der Waals surface area contributed by atoms with E-state index in [1.807, 2.05) is 0 Å². The molecule has 78 valence electrons. The van der Waals surface area contributed by atoms with Crippen molar-refractivity contribution in [1.29, 1.82) is 0 Å². The van der Waals surface area contributed by atoms with Crippen molar-refractivity contribution in [2.45, 2.75) is 51.2 Å². The molecule has 0 aromatic rings. The van der Waals surface area contributed by atoms with Gasteiger partial charge in [-0.3, -0.25) is 4.90 Å². The number of aliphatic hydroxyl groups is 1. The maximum absolute atomic E-state index is 9.47. The summed E-state index contributed by atoms with van der Waals surface area (Å²) in [5.74, 6) is 0. The van der Waals surface area contributed by atoms with Gasteiger partial charge >= 0.3 is 0 Å². The molecule has 0 aliphatic carbocycles. The standard InChI is InChI=1S/C10H23NOSi/c1-9-7-10(12)8-11(9)5-6-13(2,3)4/h9-10,12H,5-8H2,1-4H3/t9-,10+/m0/s1. The third-order valence-corrected chi connectivity index (χ3v) is 4.55. The molecule has 1 saturated heterocycles. The average Bonchev–Trinajstić information content (AvgIpc) is 2.24. The van der Waals surface area contributed by atoms with Crippen LogP contribution in [0.3, 0.4) is 0 Å². The second kappa shape index (κ2) is 4.11. The van der Waals surface area contributed by atoms with Gasteiger partial charge in [0.15, 0.2) is 0 Å². The summed E-state index contributed by atoms with van der Waals surface area (Å²) in [6.07, 6.45) is 0.891. The van der Waals surface area contributed by atoms with E-state index in [9.17, 15) is 5.11 Å². The molecule has 0 radical (unpaired) electrons. The fourth-order valence-electron chi connectivity index (χ4n) is 1.86. The Balaban J connectivity index is 2.30. The molecule has 0 saturated carbocycles. The monoisotopic (exact) mass is 201 g/mol. The van der Waals surface area contributed by atoms with E-state index >= 15 is 0 Å². The van der Waals surface area contributed by atoms with Crippen molar-refractivity contribution >= 4 is 8.07 Å². The highest BCUT2D eigenvalue weighted by atomic mass is 28.3. The van der Waals surface area contributed by atoms with Crippen LogP contribution < -0.4 is 0 Å². The number of hydrogen-bond acceptors (Lipinski definition) is 2. The van der Waals surface area contributed by atoms with Gasteiger partial charge in [-0.2, -0.15) is 0 Å². The molecule has 1 aliphatic rings. The number of β-amino-alcohol motifs (C(OH)–C–C–N with tert-alkyl or cyclic N) is 1. The molecule has 1 rings (SSSR count). The van der Waals surface area contributed by atoms with Crippen molar-refractivity contribution in [3.8, 4) is 0 Å². The Hall–Kier alpha value is 0.137. The van der Waals surface area contributed by atoms with E-state index in [4.69, 9.17) is 0 Å². The van der Waals surface area contributed by atoms with Crippen LogP contribution in [-0.4, -0.2) is 43.3 Å². The van der Waals surface area contributed by atoms with E-state index in [0.29, 0.717) is 6.04 Å². The fourth-order valence-corrected chi connectivity index (χ4v) is 2.82. The van der Waals surface area contributed by atoms with Crippen LogP contribution in [0.15, 0.2) is 0 Å². The van der Waals surface area contributed by atoms with E-state index < -0.39 is 8.07 Å². The van der Waals surface area contributed by atoms with Crippen molar-refractivity contribution in [3.63, 3.8) is 0 Å². The van der Waals surface area contributed by atoms with Gasteiger partial charge in [-0.25, -0.2) is 0 Å². The normalized spacial score (nSPS) is 31.2. The maximum Gasteiger partial charge on any atom is 0.0682 e. The Morgan fingerprint density at radius 3 is 2.38 bits per heavy atom. The minimum atomic E-state index is -0.900. The first kappa shape index (κ1) is 11.2. The molecular formula is C10H23NOSi. The van der Waals surface area contributed by atoms with Crippen LogP contribution in [-0.2, 0) is 0 Å². The molecule has 0 aromatic heterocycles. The quantitative estimate of drug-likeness (QED) is 0.704. The Bertz CT molecular complexity index is 167. The lowest BCUT2D eigenvalue weighted by atomic mass is 10.2. The first-order chi connectivity index (χ1) is 5.88. The summed E-state index contributed by atoms with van der Waals surface area (Å²) in [7, 11) is -0.900. The first-order valence-corrected chi connectivity index (χ1v) is 9.01. The molecule has 0 amide bonds. The van der Waals surface area contributed by atoms with Crippen molar-refractivity contribution in [2.75, 3.05) is 13.1 Å². The van der Waals surface area contributed by atoms with E-state index in [1.165, 1.54) is 12.6 Å². The largest absolute Gasteiger partial charge is 0.392 e. The molecule has 2 atom stereocenters. The highest BCUT2D eigenvalue weighted by Gasteiger charge is 2.28. The van der Waals surface area contributed by atoms with Gasteiger partial charge in [0.25, 0.3) is 0 Å².